The molecule has 4 rings (SSSR count). The number of rotatable bonds is 4. The number of tetrazole rings is 1. The van der Waals surface area contributed by atoms with Gasteiger partial charge in [0.15, 0.2) is 0 Å². The molecule has 2 N–H and O–H groups in total. The van der Waals surface area contributed by atoms with Crippen LogP contribution in [0.1, 0.15) is 23.2 Å². The van der Waals surface area contributed by atoms with E-state index in [0.717, 1.165) is 11.4 Å². The van der Waals surface area contributed by atoms with Gasteiger partial charge in [-0.05, 0) is 53.6 Å². The molecule has 0 saturated carbocycles. The van der Waals surface area contributed by atoms with Crippen molar-refractivity contribution in [3.05, 3.63) is 66.5 Å². The lowest BCUT2D eigenvalue weighted by Crippen LogP contribution is -2.47. The minimum Gasteiger partial charge on any atom is -0.349 e. The molecule has 1 saturated heterocycles. The Hall–Kier alpha value is -3.75. The van der Waals surface area contributed by atoms with Crippen molar-refractivity contribution in [1.82, 2.24) is 30.4 Å². The molecule has 0 unspecified atom stereocenters. The molecule has 2 aromatic carbocycles. The van der Waals surface area contributed by atoms with Gasteiger partial charge in [-0.25, -0.2) is 9.48 Å². The number of anilines is 1. The number of carbonyl (C=O) groups excluding carboxylic acids is 2. The van der Waals surface area contributed by atoms with Gasteiger partial charge in [0.2, 0.25) is 0 Å². The Morgan fingerprint density at radius 2 is 1.79 bits per heavy atom. The van der Waals surface area contributed by atoms with E-state index < -0.39 is 0 Å². The van der Waals surface area contributed by atoms with Crippen molar-refractivity contribution in [2.45, 2.75) is 18.9 Å². The van der Waals surface area contributed by atoms with E-state index in [0.29, 0.717) is 31.5 Å². The SMILES string of the molecule is O=C(NC1CCN(C(=O)Nc2ccccc2)CC1)c1cccc(-n2cnnn2)c1. The fourth-order valence-electron chi connectivity index (χ4n) is 3.29. The molecule has 1 fully saturated rings. The number of nitrogens with zero attached hydrogens (tertiary/aromatic N) is 5. The van der Waals surface area contributed by atoms with Gasteiger partial charge in [-0.1, -0.05) is 24.3 Å². The highest BCUT2D eigenvalue weighted by atomic mass is 16.2. The zero-order chi connectivity index (χ0) is 20.1. The van der Waals surface area contributed by atoms with Crippen molar-refractivity contribution in [3.63, 3.8) is 0 Å². The van der Waals surface area contributed by atoms with Crippen LogP contribution in [0, 0.1) is 0 Å². The van der Waals surface area contributed by atoms with E-state index in [-0.39, 0.29) is 18.0 Å². The zero-order valence-corrected chi connectivity index (χ0v) is 15.7. The number of nitrogens with one attached hydrogen (secondary N) is 2. The maximum atomic E-state index is 12.6. The summed E-state index contributed by atoms with van der Waals surface area (Å²) in [7, 11) is 0. The number of piperidine rings is 1. The highest BCUT2D eigenvalue weighted by Crippen LogP contribution is 2.15. The van der Waals surface area contributed by atoms with Crippen LogP contribution in [0.2, 0.25) is 0 Å². The van der Waals surface area contributed by atoms with Gasteiger partial charge in [0.05, 0.1) is 5.69 Å². The first-order chi connectivity index (χ1) is 14.2. The lowest BCUT2D eigenvalue weighted by atomic mass is 10.0. The molecule has 3 aromatic rings. The largest absolute Gasteiger partial charge is 0.349 e. The van der Waals surface area contributed by atoms with E-state index in [1.807, 2.05) is 36.4 Å². The molecule has 1 aliphatic rings. The van der Waals surface area contributed by atoms with Gasteiger partial charge < -0.3 is 15.5 Å². The summed E-state index contributed by atoms with van der Waals surface area (Å²) in [5, 5.41) is 17.0. The lowest BCUT2D eigenvalue weighted by molar-refractivity contribution is 0.0919. The molecular formula is C20H21N7O2. The third kappa shape index (κ3) is 4.57. The van der Waals surface area contributed by atoms with Crippen molar-refractivity contribution < 1.29 is 9.59 Å². The van der Waals surface area contributed by atoms with Gasteiger partial charge in [0.25, 0.3) is 5.91 Å². The fourth-order valence-corrected chi connectivity index (χ4v) is 3.29. The van der Waals surface area contributed by atoms with Crippen LogP contribution in [-0.2, 0) is 0 Å². The third-order valence-electron chi connectivity index (χ3n) is 4.86. The molecule has 0 radical (unpaired) electrons. The Balaban J connectivity index is 1.30. The minimum absolute atomic E-state index is 0.0277. The van der Waals surface area contributed by atoms with Gasteiger partial charge in [0, 0.05) is 30.4 Å². The summed E-state index contributed by atoms with van der Waals surface area (Å²) < 4.78 is 1.50. The van der Waals surface area contributed by atoms with Crippen LogP contribution in [0.4, 0.5) is 10.5 Å². The number of aromatic nitrogens is 4. The summed E-state index contributed by atoms with van der Waals surface area (Å²) in [5.41, 5.74) is 2.03. The second-order valence-electron chi connectivity index (χ2n) is 6.84. The summed E-state index contributed by atoms with van der Waals surface area (Å²) >= 11 is 0. The van der Waals surface area contributed by atoms with Crippen molar-refractivity contribution in [2.24, 2.45) is 0 Å². The summed E-state index contributed by atoms with van der Waals surface area (Å²) in [6.07, 6.45) is 2.90. The summed E-state index contributed by atoms with van der Waals surface area (Å²) in [5.74, 6) is -0.146. The smallest absolute Gasteiger partial charge is 0.321 e. The van der Waals surface area contributed by atoms with Gasteiger partial charge in [-0.2, -0.15) is 0 Å². The zero-order valence-electron chi connectivity index (χ0n) is 15.7. The van der Waals surface area contributed by atoms with Crippen LogP contribution in [-0.4, -0.2) is 56.2 Å². The average Bonchev–Trinajstić information content (AvgIpc) is 3.30. The van der Waals surface area contributed by atoms with Crippen LogP contribution in [0.25, 0.3) is 5.69 Å². The molecule has 3 amide bonds. The topological polar surface area (TPSA) is 105 Å². The number of urea groups is 1. The van der Waals surface area contributed by atoms with Crippen LogP contribution < -0.4 is 10.6 Å². The van der Waals surface area contributed by atoms with E-state index in [2.05, 4.69) is 26.2 Å². The summed E-state index contributed by atoms with van der Waals surface area (Å²) in [6.45, 7) is 1.18. The lowest BCUT2D eigenvalue weighted by Gasteiger charge is -2.32. The first-order valence-electron chi connectivity index (χ1n) is 9.44. The van der Waals surface area contributed by atoms with Crippen LogP contribution in [0.15, 0.2) is 60.9 Å². The van der Waals surface area contributed by atoms with Crippen LogP contribution >= 0.6 is 0 Å². The molecule has 29 heavy (non-hydrogen) atoms. The Morgan fingerprint density at radius 1 is 1.00 bits per heavy atom. The second kappa shape index (κ2) is 8.51. The average molecular weight is 391 g/mol. The van der Waals surface area contributed by atoms with E-state index in [1.54, 1.807) is 23.1 Å². The molecule has 2 heterocycles. The number of likely N-dealkylation sites (tertiary alicyclic amines) is 1. The molecule has 0 spiro atoms. The molecule has 9 nitrogen and oxygen atoms in total. The number of hydrogen-bond donors (Lipinski definition) is 2. The Morgan fingerprint density at radius 3 is 2.52 bits per heavy atom. The molecule has 9 heteroatoms. The molecule has 0 bridgehead atoms. The molecular weight excluding hydrogens is 370 g/mol. The molecule has 0 aliphatic carbocycles. The number of benzene rings is 2. The Bertz CT molecular complexity index is 968. The fraction of sp³-hybridized carbons (Fsp3) is 0.250. The number of para-hydroxylation sites is 1. The summed E-state index contributed by atoms with van der Waals surface area (Å²) in [4.78, 5) is 26.8. The van der Waals surface area contributed by atoms with Crippen molar-refractivity contribution >= 4 is 17.6 Å². The van der Waals surface area contributed by atoms with Gasteiger partial charge >= 0.3 is 6.03 Å². The molecule has 1 aliphatic heterocycles. The first-order valence-corrected chi connectivity index (χ1v) is 9.44. The maximum Gasteiger partial charge on any atom is 0.321 e. The minimum atomic E-state index is -0.146. The second-order valence-corrected chi connectivity index (χ2v) is 6.84. The van der Waals surface area contributed by atoms with Crippen molar-refractivity contribution in [3.8, 4) is 5.69 Å². The predicted octanol–water partition coefficient (Wildman–Crippen LogP) is 2.09. The van der Waals surface area contributed by atoms with Crippen molar-refractivity contribution in [1.29, 1.82) is 0 Å². The summed E-state index contributed by atoms with van der Waals surface area (Å²) in [6, 6.07) is 16.4. The number of hydrogen-bond acceptors (Lipinski definition) is 5. The van der Waals surface area contributed by atoms with E-state index >= 15 is 0 Å². The highest BCUT2D eigenvalue weighted by molar-refractivity contribution is 5.95. The number of amides is 3. The van der Waals surface area contributed by atoms with E-state index in [9.17, 15) is 9.59 Å². The van der Waals surface area contributed by atoms with E-state index in [4.69, 9.17) is 0 Å². The normalized spacial score (nSPS) is 14.4. The van der Waals surface area contributed by atoms with Crippen LogP contribution in [0.3, 0.4) is 0 Å². The monoisotopic (exact) mass is 391 g/mol. The molecule has 0 atom stereocenters. The molecule has 1 aromatic heterocycles. The maximum absolute atomic E-state index is 12.6. The quantitative estimate of drug-likeness (QED) is 0.709. The molecule has 148 valence electrons. The standard InChI is InChI=1S/C20H21N7O2/c28-19(15-5-4-8-18(13-15)27-14-21-24-25-27)22-17-9-11-26(12-10-17)20(29)23-16-6-2-1-3-7-16/h1-8,13-14,17H,9-12H2,(H,22,28)(H,23,29). The van der Waals surface area contributed by atoms with Gasteiger partial charge in [-0.3, -0.25) is 4.79 Å². The van der Waals surface area contributed by atoms with Crippen molar-refractivity contribution in [2.75, 3.05) is 18.4 Å². The van der Waals surface area contributed by atoms with Crippen LogP contribution in [0.5, 0.6) is 0 Å². The first kappa shape index (κ1) is 18.6. The Labute approximate surface area is 167 Å². The number of carbonyl (C=O) groups is 2. The van der Waals surface area contributed by atoms with Gasteiger partial charge in [0.1, 0.15) is 6.33 Å². The van der Waals surface area contributed by atoms with E-state index in [1.165, 1.54) is 11.0 Å². The predicted molar refractivity (Wildman–Crippen MR) is 107 cm³/mol. The highest BCUT2D eigenvalue weighted by Gasteiger charge is 2.24. The third-order valence-corrected chi connectivity index (χ3v) is 4.86. The van der Waals surface area contributed by atoms with Gasteiger partial charge in [-0.15, -0.1) is 5.10 Å². The Kier molecular flexibility index (Phi) is 5.46.